The largest absolute Gasteiger partial charge is 0.383 e. The Labute approximate surface area is 122 Å². The minimum atomic E-state index is -0.757. The van der Waals surface area contributed by atoms with Gasteiger partial charge in [-0.15, -0.1) is 0 Å². The molecule has 0 atom stereocenters. The van der Waals surface area contributed by atoms with E-state index in [9.17, 15) is 14.4 Å². The van der Waals surface area contributed by atoms with Crippen molar-refractivity contribution in [3.05, 3.63) is 20.8 Å². The van der Waals surface area contributed by atoms with Crippen molar-refractivity contribution in [2.24, 2.45) is 11.7 Å². The highest BCUT2D eigenvalue weighted by atomic mass is 16.2. The molecule has 0 aliphatic rings. The molecule has 0 aliphatic carbocycles. The molecule has 8 nitrogen and oxygen atoms in total. The molecular weight excluding hydrogens is 274 g/mol. The highest BCUT2D eigenvalue weighted by Gasteiger charge is 2.24. The lowest BCUT2D eigenvalue weighted by Gasteiger charge is -2.27. The van der Waals surface area contributed by atoms with Crippen LogP contribution < -0.4 is 28.0 Å². The van der Waals surface area contributed by atoms with Crippen molar-refractivity contribution in [1.29, 1.82) is 0 Å². The molecule has 8 heteroatoms. The average molecular weight is 297 g/mol. The second-order valence-electron chi connectivity index (χ2n) is 6.18. The molecule has 1 heterocycles. The number of nitrogens with one attached hydrogen (secondary N) is 2. The highest BCUT2D eigenvalue weighted by Crippen LogP contribution is 2.19. The van der Waals surface area contributed by atoms with Crippen LogP contribution in [0.25, 0.3) is 0 Å². The van der Waals surface area contributed by atoms with Crippen molar-refractivity contribution in [3.63, 3.8) is 0 Å². The van der Waals surface area contributed by atoms with Gasteiger partial charge in [-0.1, -0.05) is 13.8 Å². The summed E-state index contributed by atoms with van der Waals surface area (Å²) in [6, 6.07) is 0. The number of aromatic nitrogens is 2. The van der Waals surface area contributed by atoms with Gasteiger partial charge in [0.05, 0.1) is 0 Å². The molecule has 1 rings (SSSR count). The molecule has 0 spiro atoms. The van der Waals surface area contributed by atoms with E-state index in [1.165, 1.54) is 4.57 Å². The number of carbonyl (C=O) groups is 1. The molecule has 0 fully saturated rings. The van der Waals surface area contributed by atoms with Crippen molar-refractivity contribution in [1.82, 2.24) is 9.55 Å². The predicted octanol–water partition coefficient (Wildman–Crippen LogP) is -0.159. The summed E-state index contributed by atoms with van der Waals surface area (Å²) in [5.41, 5.74) is 9.26. The van der Waals surface area contributed by atoms with Gasteiger partial charge in [-0.05, 0) is 19.8 Å². The quantitative estimate of drug-likeness (QED) is 0.578. The van der Waals surface area contributed by atoms with E-state index in [2.05, 4.69) is 10.3 Å². The molecule has 1 aromatic heterocycles. The van der Waals surface area contributed by atoms with Crippen molar-refractivity contribution in [2.75, 3.05) is 11.1 Å². The summed E-state index contributed by atoms with van der Waals surface area (Å²) in [4.78, 5) is 37.0. The summed E-state index contributed by atoms with van der Waals surface area (Å²) < 4.78 is 1.30. The number of amides is 1. The van der Waals surface area contributed by atoms with E-state index >= 15 is 0 Å². The monoisotopic (exact) mass is 297 g/mol. The molecule has 21 heavy (non-hydrogen) atoms. The zero-order valence-corrected chi connectivity index (χ0v) is 12.8. The first-order chi connectivity index (χ1) is 9.53. The molecular formula is C13H23N5O3. The topological polar surface area (TPSA) is 136 Å². The van der Waals surface area contributed by atoms with Crippen LogP contribution in [0.3, 0.4) is 0 Å². The number of aromatic amines is 1. The van der Waals surface area contributed by atoms with Crippen LogP contribution in [-0.4, -0.2) is 21.0 Å². The minimum Gasteiger partial charge on any atom is -0.383 e. The van der Waals surface area contributed by atoms with E-state index in [0.717, 1.165) is 0 Å². The number of hydrogen-bond acceptors (Lipinski definition) is 5. The number of anilines is 2. The van der Waals surface area contributed by atoms with Crippen LogP contribution in [-0.2, 0) is 11.3 Å². The van der Waals surface area contributed by atoms with Crippen LogP contribution in [0.2, 0.25) is 0 Å². The number of rotatable bonds is 6. The van der Waals surface area contributed by atoms with Crippen LogP contribution in [0.1, 0.15) is 34.1 Å². The Kier molecular flexibility index (Phi) is 4.82. The van der Waals surface area contributed by atoms with E-state index in [1.807, 2.05) is 13.8 Å². The average Bonchev–Trinajstić information content (AvgIpc) is 2.28. The van der Waals surface area contributed by atoms with Crippen molar-refractivity contribution in [3.8, 4) is 0 Å². The molecule has 118 valence electrons. The second-order valence-corrected chi connectivity index (χ2v) is 6.18. The first-order valence-electron chi connectivity index (χ1n) is 6.72. The molecule has 0 radical (unpaired) electrons. The zero-order chi connectivity index (χ0) is 16.4. The number of H-pyrrole nitrogens is 1. The molecule has 0 saturated carbocycles. The lowest BCUT2D eigenvalue weighted by Crippen LogP contribution is -2.41. The fraction of sp³-hybridized carbons (Fsp3) is 0.615. The van der Waals surface area contributed by atoms with Gasteiger partial charge in [0.2, 0.25) is 5.91 Å². The molecule has 1 amide bonds. The number of primary amides is 1. The fourth-order valence-electron chi connectivity index (χ4n) is 2.07. The Bertz CT molecular complexity index is 642. The summed E-state index contributed by atoms with van der Waals surface area (Å²) in [7, 11) is 0. The van der Waals surface area contributed by atoms with E-state index in [4.69, 9.17) is 11.5 Å². The van der Waals surface area contributed by atoms with E-state index in [-0.39, 0.29) is 23.8 Å². The summed E-state index contributed by atoms with van der Waals surface area (Å²) in [5, 5.41) is 2.90. The van der Waals surface area contributed by atoms with Crippen LogP contribution in [0.5, 0.6) is 0 Å². The molecule has 0 aromatic carbocycles. The normalized spacial score (nSPS) is 11.7. The Balaban J connectivity index is 3.28. The van der Waals surface area contributed by atoms with Gasteiger partial charge >= 0.3 is 5.69 Å². The predicted molar refractivity (Wildman–Crippen MR) is 82.1 cm³/mol. The SMILES string of the molecule is CC(C)Cn1c(N)c(NC(C)(C)CC(N)=O)c(=O)[nH]c1=O. The number of hydrogen-bond donors (Lipinski definition) is 4. The van der Waals surface area contributed by atoms with Gasteiger partial charge in [-0.2, -0.15) is 0 Å². The maximum atomic E-state index is 11.9. The molecule has 0 bridgehead atoms. The Morgan fingerprint density at radius 1 is 1.38 bits per heavy atom. The summed E-state index contributed by atoms with van der Waals surface area (Å²) in [5.74, 6) is -0.268. The maximum Gasteiger partial charge on any atom is 0.330 e. The molecule has 1 aromatic rings. The first-order valence-corrected chi connectivity index (χ1v) is 6.72. The Hall–Kier alpha value is -2.25. The van der Waals surface area contributed by atoms with E-state index in [1.54, 1.807) is 13.8 Å². The highest BCUT2D eigenvalue weighted by molar-refractivity contribution is 5.76. The lowest BCUT2D eigenvalue weighted by molar-refractivity contribution is -0.118. The van der Waals surface area contributed by atoms with Crippen molar-refractivity contribution < 1.29 is 4.79 Å². The Morgan fingerprint density at radius 2 is 1.95 bits per heavy atom. The maximum absolute atomic E-state index is 11.9. The van der Waals surface area contributed by atoms with Crippen LogP contribution in [0.15, 0.2) is 9.59 Å². The zero-order valence-electron chi connectivity index (χ0n) is 12.8. The van der Waals surface area contributed by atoms with Gasteiger partial charge in [0.25, 0.3) is 5.56 Å². The van der Waals surface area contributed by atoms with Crippen molar-refractivity contribution in [2.45, 2.75) is 46.2 Å². The van der Waals surface area contributed by atoms with Gasteiger partial charge in [0, 0.05) is 18.5 Å². The summed E-state index contributed by atoms with van der Waals surface area (Å²) in [6.45, 7) is 7.68. The molecule has 0 aliphatic heterocycles. The molecule has 6 N–H and O–H groups in total. The fourth-order valence-corrected chi connectivity index (χ4v) is 2.07. The van der Waals surface area contributed by atoms with Crippen LogP contribution in [0.4, 0.5) is 11.5 Å². The number of nitrogens with two attached hydrogens (primary N) is 2. The van der Waals surface area contributed by atoms with E-state index < -0.39 is 22.7 Å². The van der Waals surface area contributed by atoms with Gasteiger partial charge < -0.3 is 16.8 Å². The second kappa shape index (κ2) is 6.02. The third kappa shape index (κ3) is 4.37. The number of carbonyl (C=O) groups excluding carboxylic acids is 1. The van der Waals surface area contributed by atoms with Crippen LogP contribution >= 0.6 is 0 Å². The van der Waals surface area contributed by atoms with Gasteiger partial charge in [-0.3, -0.25) is 19.1 Å². The van der Waals surface area contributed by atoms with Gasteiger partial charge in [0.1, 0.15) is 11.5 Å². The third-order valence-electron chi connectivity index (χ3n) is 2.87. The van der Waals surface area contributed by atoms with Crippen LogP contribution in [0, 0.1) is 5.92 Å². The minimum absolute atomic E-state index is 0.0230. The number of nitrogen functional groups attached to an aromatic ring is 1. The Morgan fingerprint density at radius 3 is 2.43 bits per heavy atom. The summed E-state index contributed by atoms with van der Waals surface area (Å²) in [6.07, 6.45) is 0.0230. The van der Waals surface area contributed by atoms with Gasteiger partial charge in [-0.25, -0.2) is 4.79 Å². The van der Waals surface area contributed by atoms with E-state index in [0.29, 0.717) is 6.54 Å². The van der Waals surface area contributed by atoms with Gasteiger partial charge in [0.15, 0.2) is 0 Å². The standard InChI is InChI=1S/C13H23N5O3/c1-7(2)6-18-10(15)9(11(20)16-12(18)21)17-13(3,4)5-8(14)19/h7,17H,5-6,15H2,1-4H3,(H2,14,19)(H,16,20,21). The smallest absolute Gasteiger partial charge is 0.330 e. The molecule has 0 unspecified atom stereocenters. The lowest BCUT2D eigenvalue weighted by atomic mass is 10.00. The third-order valence-corrected chi connectivity index (χ3v) is 2.87. The summed E-state index contributed by atoms with van der Waals surface area (Å²) >= 11 is 0. The molecule has 0 saturated heterocycles. The first kappa shape index (κ1) is 16.8. The number of nitrogens with zero attached hydrogens (tertiary/aromatic N) is 1. The van der Waals surface area contributed by atoms with Crippen molar-refractivity contribution >= 4 is 17.4 Å².